The third-order valence-electron chi connectivity index (χ3n) is 7.09. The van der Waals surface area contributed by atoms with Crippen LogP contribution in [0.25, 0.3) is 10.9 Å². The van der Waals surface area contributed by atoms with Crippen molar-refractivity contribution >= 4 is 44.3 Å². The van der Waals surface area contributed by atoms with Crippen LogP contribution in [0.5, 0.6) is 0 Å². The van der Waals surface area contributed by atoms with Gasteiger partial charge in [0.1, 0.15) is 6.04 Å². The number of sulfonamides is 1. The van der Waals surface area contributed by atoms with Crippen LogP contribution in [-0.4, -0.2) is 67.6 Å². The van der Waals surface area contributed by atoms with E-state index in [1.165, 1.54) is 17.0 Å². The molecule has 10 nitrogen and oxygen atoms in total. The number of fused-ring (bicyclic) bond motifs is 1. The molecule has 0 saturated carbocycles. The molecular weight excluding hydrogens is 530 g/mol. The number of para-hydroxylation sites is 1. The molecule has 0 radical (unpaired) electrons. The normalized spacial score (nSPS) is 14.7. The van der Waals surface area contributed by atoms with E-state index in [0.29, 0.717) is 31.9 Å². The van der Waals surface area contributed by atoms with Gasteiger partial charge < -0.3 is 25.2 Å². The monoisotopic (exact) mass is 561 g/mol. The number of nitrogens with zero attached hydrogens (tertiary/aromatic N) is 2. The van der Waals surface area contributed by atoms with Crippen molar-refractivity contribution in [3.63, 3.8) is 0 Å². The molecule has 1 saturated heterocycles. The van der Waals surface area contributed by atoms with Gasteiger partial charge in [-0.25, -0.2) is 13.2 Å². The number of piperazine rings is 1. The summed E-state index contributed by atoms with van der Waals surface area (Å²) in [5.74, 6) is -0.483. The molecule has 1 aliphatic rings. The maximum atomic E-state index is 13.5. The minimum absolute atomic E-state index is 0.0853. The number of aromatic nitrogens is 1. The Hall–Kier alpha value is -4.35. The highest BCUT2D eigenvalue weighted by molar-refractivity contribution is 7.89. The van der Waals surface area contributed by atoms with E-state index in [1.807, 2.05) is 43.3 Å². The van der Waals surface area contributed by atoms with E-state index >= 15 is 0 Å². The molecule has 1 aliphatic heterocycles. The van der Waals surface area contributed by atoms with Crippen molar-refractivity contribution in [2.24, 2.45) is 0 Å². The zero-order valence-corrected chi connectivity index (χ0v) is 22.8. The number of carbonyl (C=O) groups excluding carboxylic acids is 1. The first-order valence-corrected chi connectivity index (χ1v) is 14.5. The van der Waals surface area contributed by atoms with E-state index in [9.17, 15) is 18.0 Å². The first-order chi connectivity index (χ1) is 19.2. The largest absolute Gasteiger partial charge is 0.465 e. The van der Waals surface area contributed by atoms with Gasteiger partial charge in [0.25, 0.3) is 0 Å². The SMILES string of the molecule is Cc1ccc(S(=O)(=O)NC(Cc2c[nH]c3ccccc23)C(=O)Nc2ccc(N3CCN(C(=O)O)CC3)cc2)cc1. The Balaban J connectivity index is 1.34. The third kappa shape index (κ3) is 6.11. The molecule has 0 spiro atoms. The summed E-state index contributed by atoms with van der Waals surface area (Å²) in [5.41, 5.74) is 4.09. The molecule has 1 atom stereocenters. The number of H-pyrrole nitrogens is 1. The van der Waals surface area contributed by atoms with Crippen LogP contribution in [0.15, 0.2) is 83.9 Å². The van der Waals surface area contributed by atoms with Crippen LogP contribution in [0.2, 0.25) is 0 Å². The molecule has 0 bridgehead atoms. The van der Waals surface area contributed by atoms with Crippen molar-refractivity contribution in [1.29, 1.82) is 0 Å². The van der Waals surface area contributed by atoms with Crippen LogP contribution in [0.1, 0.15) is 11.1 Å². The Morgan fingerprint density at radius 2 is 1.62 bits per heavy atom. The van der Waals surface area contributed by atoms with Crippen molar-refractivity contribution in [2.75, 3.05) is 36.4 Å². The van der Waals surface area contributed by atoms with Crippen LogP contribution in [-0.2, 0) is 21.2 Å². The van der Waals surface area contributed by atoms with Gasteiger partial charge in [-0.05, 0) is 61.4 Å². The van der Waals surface area contributed by atoms with Gasteiger partial charge in [-0.1, -0.05) is 35.9 Å². The number of benzene rings is 3. The Kier molecular flexibility index (Phi) is 7.76. The fourth-order valence-electron chi connectivity index (χ4n) is 4.82. The number of amides is 2. The maximum Gasteiger partial charge on any atom is 0.407 e. The summed E-state index contributed by atoms with van der Waals surface area (Å²) in [5, 5.41) is 12.9. The number of aromatic amines is 1. The van der Waals surface area contributed by atoms with Gasteiger partial charge in [-0.3, -0.25) is 4.79 Å². The molecule has 40 heavy (non-hydrogen) atoms. The second-order valence-electron chi connectivity index (χ2n) is 9.84. The van der Waals surface area contributed by atoms with E-state index in [0.717, 1.165) is 27.7 Å². The number of hydrogen-bond donors (Lipinski definition) is 4. The molecule has 4 aromatic rings. The highest BCUT2D eigenvalue weighted by Crippen LogP contribution is 2.23. The second-order valence-corrected chi connectivity index (χ2v) is 11.6. The smallest absolute Gasteiger partial charge is 0.407 e. The number of aryl methyl sites for hydroxylation is 1. The molecule has 4 N–H and O–H groups in total. The fraction of sp³-hybridized carbons (Fsp3) is 0.241. The number of rotatable bonds is 8. The first-order valence-electron chi connectivity index (χ1n) is 13.0. The predicted molar refractivity (Wildman–Crippen MR) is 154 cm³/mol. The van der Waals surface area contributed by atoms with Gasteiger partial charge in [0, 0.05) is 54.7 Å². The highest BCUT2D eigenvalue weighted by atomic mass is 32.2. The molecule has 5 rings (SSSR count). The lowest BCUT2D eigenvalue weighted by Gasteiger charge is -2.34. The first kappa shape index (κ1) is 27.2. The van der Waals surface area contributed by atoms with Crippen LogP contribution in [0, 0.1) is 6.92 Å². The van der Waals surface area contributed by atoms with Crippen LogP contribution in [0.3, 0.4) is 0 Å². The van der Waals surface area contributed by atoms with Gasteiger partial charge in [0.05, 0.1) is 4.90 Å². The third-order valence-corrected chi connectivity index (χ3v) is 8.58. The van der Waals surface area contributed by atoms with Gasteiger partial charge in [-0.2, -0.15) is 4.72 Å². The Morgan fingerprint density at radius 3 is 2.30 bits per heavy atom. The van der Waals surface area contributed by atoms with Crippen molar-refractivity contribution in [2.45, 2.75) is 24.3 Å². The lowest BCUT2D eigenvalue weighted by atomic mass is 10.0. The molecule has 1 unspecified atom stereocenters. The van der Waals surface area contributed by atoms with Crippen LogP contribution in [0.4, 0.5) is 16.2 Å². The summed E-state index contributed by atoms with van der Waals surface area (Å²) in [4.78, 5) is 31.4. The van der Waals surface area contributed by atoms with E-state index in [1.54, 1.807) is 30.5 Å². The quantitative estimate of drug-likeness (QED) is 0.259. The van der Waals surface area contributed by atoms with E-state index in [2.05, 4.69) is 19.9 Å². The average Bonchev–Trinajstić information content (AvgIpc) is 3.36. The summed E-state index contributed by atoms with van der Waals surface area (Å²) in [7, 11) is -3.98. The van der Waals surface area contributed by atoms with Crippen molar-refractivity contribution in [3.05, 3.63) is 90.1 Å². The molecule has 0 aliphatic carbocycles. The summed E-state index contributed by atoms with van der Waals surface area (Å²) in [6.45, 7) is 3.87. The molecular formula is C29H31N5O5S. The average molecular weight is 562 g/mol. The van der Waals surface area contributed by atoms with Crippen molar-refractivity contribution in [3.8, 4) is 0 Å². The minimum atomic E-state index is -3.98. The zero-order chi connectivity index (χ0) is 28.3. The van der Waals surface area contributed by atoms with E-state index in [-0.39, 0.29) is 11.3 Å². The number of nitrogens with one attached hydrogen (secondary N) is 3. The second kappa shape index (κ2) is 11.4. The van der Waals surface area contributed by atoms with Gasteiger partial charge in [0.2, 0.25) is 15.9 Å². The Labute approximate surface area is 232 Å². The molecule has 11 heteroatoms. The number of carbonyl (C=O) groups is 2. The van der Waals surface area contributed by atoms with Crippen LogP contribution < -0.4 is 14.9 Å². The maximum absolute atomic E-state index is 13.5. The standard InChI is InChI=1S/C29H31N5O5S/c1-20-6-12-24(13-7-20)40(38,39)32-27(18-21-19-30-26-5-3-2-4-25(21)26)28(35)31-22-8-10-23(11-9-22)33-14-16-34(17-15-33)29(36)37/h2-13,19,27,30,32H,14-18H2,1H3,(H,31,35)(H,36,37). The van der Waals surface area contributed by atoms with Gasteiger partial charge >= 0.3 is 6.09 Å². The summed E-state index contributed by atoms with van der Waals surface area (Å²) in [6, 6.07) is 20.3. The van der Waals surface area contributed by atoms with Crippen molar-refractivity contribution < 1.29 is 23.1 Å². The number of hydrogen-bond acceptors (Lipinski definition) is 5. The molecule has 2 amide bonds. The highest BCUT2D eigenvalue weighted by Gasteiger charge is 2.27. The fourth-order valence-corrected chi connectivity index (χ4v) is 6.02. The van der Waals surface area contributed by atoms with E-state index in [4.69, 9.17) is 5.11 Å². The summed E-state index contributed by atoms with van der Waals surface area (Å²) in [6.07, 6.45) is 1.02. The lowest BCUT2D eigenvalue weighted by Crippen LogP contribution is -2.48. The molecule has 1 fully saturated rings. The molecule has 1 aromatic heterocycles. The summed E-state index contributed by atoms with van der Waals surface area (Å²) >= 11 is 0. The van der Waals surface area contributed by atoms with Crippen LogP contribution >= 0.6 is 0 Å². The van der Waals surface area contributed by atoms with Crippen molar-refractivity contribution in [1.82, 2.24) is 14.6 Å². The Bertz CT molecular complexity index is 1610. The predicted octanol–water partition coefficient (Wildman–Crippen LogP) is 3.80. The van der Waals surface area contributed by atoms with Gasteiger partial charge in [0.15, 0.2) is 0 Å². The van der Waals surface area contributed by atoms with E-state index < -0.39 is 28.1 Å². The lowest BCUT2D eigenvalue weighted by molar-refractivity contribution is -0.117. The summed E-state index contributed by atoms with van der Waals surface area (Å²) < 4.78 is 29.1. The topological polar surface area (TPSA) is 135 Å². The minimum Gasteiger partial charge on any atom is -0.465 e. The zero-order valence-electron chi connectivity index (χ0n) is 22.0. The van der Waals surface area contributed by atoms with Gasteiger partial charge in [-0.15, -0.1) is 0 Å². The molecule has 3 aromatic carbocycles. The molecule has 2 heterocycles. The Morgan fingerprint density at radius 1 is 0.950 bits per heavy atom. The molecule has 208 valence electrons. The number of anilines is 2. The number of carboxylic acid groups (broad SMARTS) is 1.